The molecule has 2 saturated heterocycles. The monoisotopic (exact) mass is 344 g/mol. The van der Waals surface area contributed by atoms with E-state index in [2.05, 4.69) is 19.2 Å². The Balaban J connectivity index is 1.67. The minimum absolute atomic E-state index is 0.0105. The molecule has 0 aliphatic carbocycles. The van der Waals surface area contributed by atoms with Gasteiger partial charge >= 0.3 is 0 Å². The van der Waals surface area contributed by atoms with Crippen LogP contribution in [0.2, 0.25) is 0 Å². The smallest absolute Gasteiger partial charge is 0.249 e. The molecule has 3 rings (SSSR count). The molecule has 1 unspecified atom stereocenters. The van der Waals surface area contributed by atoms with Crippen LogP contribution in [0, 0.1) is 11.8 Å². The van der Waals surface area contributed by atoms with Crippen LogP contribution in [0.1, 0.15) is 39.5 Å². The number of rotatable bonds is 4. The second-order valence-corrected chi connectivity index (χ2v) is 7.36. The summed E-state index contributed by atoms with van der Waals surface area (Å²) >= 11 is 0. The van der Waals surface area contributed by atoms with E-state index in [1.165, 1.54) is 0 Å². The van der Waals surface area contributed by atoms with Crippen molar-refractivity contribution in [3.8, 4) is 0 Å². The molecule has 2 aliphatic rings. The molecule has 1 N–H and O–H groups in total. The number of amides is 2. The van der Waals surface area contributed by atoms with Gasteiger partial charge in [-0.05, 0) is 43.7 Å². The van der Waals surface area contributed by atoms with Gasteiger partial charge in [-0.25, -0.2) is 0 Å². The number of benzene rings is 1. The van der Waals surface area contributed by atoms with E-state index in [9.17, 15) is 9.59 Å². The lowest BCUT2D eigenvalue weighted by Gasteiger charge is -2.36. The van der Waals surface area contributed by atoms with E-state index >= 15 is 0 Å². The number of carbonyl (C=O) groups excluding carboxylic acids is 2. The number of nitrogens with zero attached hydrogens (tertiary/aromatic N) is 1. The first kappa shape index (κ1) is 17.9. The van der Waals surface area contributed by atoms with Crippen molar-refractivity contribution in [3.05, 3.63) is 30.3 Å². The topological polar surface area (TPSA) is 58.6 Å². The maximum atomic E-state index is 12.8. The van der Waals surface area contributed by atoms with Gasteiger partial charge in [-0.3, -0.25) is 9.59 Å². The molecule has 3 atom stereocenters. The van der Waals surface area contributed by atoms with E-state index in [4.69, 9.17) is 4.74 Å². The first-order chi connectivity index (χ1) is 12.1. The average Bonchev–Trinajstić information content (AvgIpc) is 2.64. The highest BCUT2D eigenvalue weighted by Crippen LogP contribution is 2.27. The highest BCUT2D eigenvalue weighted by Gasteiger charge is 2.37. The molecule has 0 spiro atoms. The van der Waals surface area contributed by atoms with Gasteiger partial charge in [0.1, 0.15) is 6.04 Å². The number of piperidine rings is 1. The molecule has 0 bridgehead atoms. The molecule has 136 valence electrons. The quantitative estimate of drug-likeness (QED) is 0.914. The molecule has 0 radical (unpaired) electrons. The van der Waals surface area contributed by atoms with Crippen LogP contribution < -0.4 is 10.2 Å². The standard InChI is InChI=1S/C20H28N2O3/c1-14(2)18-16(10-7-13-25-18)19(23)21-17-11-6-12-22(20(17)24)15-8-4-3-5-9-15/h3-5,8-9,14,16-18H,6-7,10-13H2,1-2H3,(H,21,23)/t16-,17?,18-/m0/s1. The fourth-order valence-corrected chi connectivity index (χ4v) is 3.89. The minimum atomic E-state index is -0.434. The van der Waals surface area contributed by atoms with Crippen molar-refractivity contribution < 1.29 is 14.3 Å². The van der Waals surface area contributed by atoms with Gasteiger partial charge in [-0.1, -0.05) is 32.0 Å². The Morgan fingerprint density at radius 1 is 1.20 bits per heavy atom. The highest BCUT2D eigenvalue weighted by molar-refractivity contribution is 6.00. The third-order valence-corrected chi connectivity index (χ3v) is 5.18. The summed E-state index contributed by atoms with van der Waals surface area (Å²) in [5.74, 6) is 0.0860. The second kappa shape index (κ2) is 8.00. The third-order valence-electron chi connectivity index (χ3n) is 5.18. The summed E-state index contributed by atoms with van der Waals surface area (Å²) < 4.78 is 5.82. The van der Waals surface area contributed by atoms with Gasteiger partial charge in [0.25, 0.3) is 0 Å². The Labute approximate surface area is 149 Å². The summed E-state index contributed by atoms with van der Waals surface area (Å²) in [6.07, 6.45) is 3.26. The van der Waals surface area contributed by atoms with Crippen molar-refractivity contribution in [1.29, 1.82) is 0 Å². The number of nitrogens with one attached hydrogen (secondary N) is 1. The SMILES string of the molecule is CC(C)[C@@H]1OCCC[C@@H]1C(=O)NC1CCCN(c2ccccc2)C1=O. The van der Waals surface area contributed by atoms with Crippen molar-refractivity contribution in [2.24, 2.45) is 11.8 Å². The van der Waals surface area contributed by atoms with Crippen LogP contribution in [-0.2, 0) is 14.3 Å². The van der Waals surface area contributed by atoms with E-state index in [1.54, 1.807) is 4.90 Å². The summed E-state index contributed by atoms with van der Waals surface area (Å²) in [7, 11) is 0. The molecule has 1 aromatic rings. The number of para-hydroxylation sites is 1. The Kier molecular flexibility index (Phi) is 5.74. The molecule has 25 heavy (non-hydrogen) atoms. The zero-order valence-electron chi connectivity index (χ0n) is 15.1. The van der Waals surface area contributed by atoms with E-state index < -0.39 is 6.04 Å². The van der Waals surface area contributed by atoms with Crippen LogP contribution in [0.4, 0.5) is 5.69 Å². The van der Waals surface area contributed by atoms with Gasteiger partial charge < -0.3 is 15.0 Å². The fourth-order valence-electron chi connectivity index (χ4n) is 3.89. The molecule has 5 heteroatoms. The summed E-state index contributed by atoms with van der Waals surface area (Å²) in [5, 5.41) is 3.01. The molecule has 2 heterocycles. The number of anilines is 1. The van der Waals surface area contributed by atoms with Gasteiger partial charge in [0.15, 0.2) is 0 Å². The Hall–Kier alpha value is -1.88. The zero-order chi connectivity index (χ0) is 17.8. The zero-order valence-corrected chi connectivity index (χ0v) is 15.1. The summed E-state index contributed by atoms with van der Waals surface area (Å²) in [6.45, 7) is 5.59. The summed E-state index contributed by atoms with van der Waals surface area (Å²) in [4.78, 5) is 27.4. The van der Waals surface area contributed by atoms with Crippen LogP contribution in [0.3, 0.4) is 0 Å². The van der Waals surface area contributed by atoms with Crippen LogP contribution in [0.25, 0.3) is 0 Å². The van der Waals surface area contributed by atoms with Crippen molar-refractivity contribution in [3.63, 3.8) is 0 Å². The molecule has 1 aromatic carbocycles. The molecule has 0 aromatic heterocycles. The molecule has 2 fully saturated rings. The van der Waals surface area contributed by atoms with Gasteiger partial charge in [-0.2, -0.15) is 0 Å². The van der Waals surface area contributed by atoms with E-state index in [0.717, 1.165) is 31.6 Å². The van der Waals surface area contributed by atoms with E-state index in [-0.39, 0.29) is 23.8 Å². The largest absolute Gasteiger partial charge is 0.377 e. The Bertz CT molecular complexity index is 602. The average molecular weight is 344 g/mol. The van der Waals surface area contributed by atoms with Crippen LogP contribution >= 0.6 is 0 Å². The number of hydrogen-bond acceptors (Lipinski definition) is 3. The molecule has 2 aliphatic heterocycles. The maximum Gasteiger partial charge on any atom is 0.249 e. The molecule has 2 amide bonds. The van der Waals surface area contributed by atoms with E-state index in [0.29, 0.717) is 18.9 Å². The molecule has 5 nitrogen and oxygen atoms in total. The van der Waals surface area contributed by atoms with Crippen molar-refractivity contribution in [1.82, 2.24) is 5.32 Å². The predicted molar refractivity (Wildman–Crippen MR) is 97.3 cm³/mol. The second-order valence-electron chi connectivity index (χ2n) is 7.36. The predicted octanol–water partition coefficient (Wildman–Crippen LogP) is 2.75. The Morgan fingerprint density at radius 2 is 1.96 bits per heavy atom. The van der Waals surface area contributed by atoms with Gasteiger partial charge in [0.05, 0.1) is 12.0 Å². The van der Waals surface area contributed by atoms with E-state index in [1.807, 2.05) is 30.3 Å². The third kappa shape index (κ3) is 4.03. The molecular formula is C20H28N2O3. The normalized spacial score (nSPS) is 27.4. The van der Waals surface area contributed by atoms with Crippen LogP contribution in [0.15, 0.2) is 30.3 Å². The van der Waals surface area contributed by atoms with Crippen LogP contribution in [0.5, 0.6) is 0 Å². The van der Waals surface area contributed by atoms with Gasteiger partial charge in [0, 0.05) is 18.8 Å². The number of hydrogen-bond donors (Lipinski definition) is 1. The summed E-state index contributed by atoms with van der Waals surface area (Å²) in [6, 6.07) is 9.23. The highest BCUT2D eigenvalue weighted by atomic mass is 16.5. The lowest BCUT2D eigenvalue weighted by atomic mass is 9.86. The molecular weight excluding hydrogens is 316 g/mol. The fraction of sp³-hybridized carbons (Fsp3) is 0.600. The van der Waals surface area contributed by atoms with Crippen LogP contribution in [-0.4, -0.2) is 37.1 Å². The van der Waals surface area contributed by atoms with Crippen molar-refractivity contribution in [2.45, 2.75) is 51.7 Å². The lowest BCUT2D eigenvalue weighted by Crippen LogP contribution is -2.55. The van der Waals surface area contributed by atoms with Crippen molar-refractivity contribution in [2.75, 3.05) is 18.1 Å². The Morgan fingerprint density at radius 3 is 2.68 bits per heavy atom. The first-order valence-corrected chi connectivity index (χ1v) is 9.36. The van der Waals surface area contributed by atoms with Crippen molar-refractivity contribution >= 4 is 17.5 Å². The maximum absolute atomic E-state index is 12.8. The van der Waals surface area contributed by atoms with Gasteiger partial charge in [0.2, 0.25) is 11.8 Å². The summed E-state index contributed by atoms with van der Waals surface area (Å²) in [5.41, 5.74) is 0.896. The van der Waals surface area contributed by atoms with Gasteiger partial charge in [-0.15, -0.1) is 0 Å². The first-order valence-electron chi connectivity index (χ1n) is 9.36. The lowest BCUT2D eigenvalue weighted by molar-refractivity contribution is -0.140. The number of ether oxygens (including phenoxy) is 1. The number of carbonyl (C=O) groups is 2. The molecule has 0 saturated carbocycles. The minimum Gasteiger partial charge on any atom is -0.377 e.